The Balaban J connectivity index is 2.81. The maximum atomic E-state index is 11.2. The summed E-state index contributed by atoms with van der Waals surface area (Å²) in [4.78, 5) is 6.81. The summed E-state index contributed by atoms with van der Waals surface area (Å²) in [5, 5.41) is 0.0294. The molecule has 5 heteroatoms. The number of para-hydroxylation sites is 1. The number of H-pyrrole nitrogens is 1. The van der Waals surface area contributed by atoms with Gasteiger partial charge in [-0.25, -0.2) is 13.4 Å². The van der Waals surface area contributed by atoms with Crippen LogP contribution in [0.2, 0.25) is 0 Å². The fourth-order valence-electron chi connectivity index (χ4n) is 1.33. The lowest BCUT2D eigenvalue weighted by Gasteiger charge is -1.91. The van der Waals surface area contributed by atoms with Crippen molar-refractivity contribution in [2.45, 2.75) is 12.1 Å². The Kier molecular flexibility index (Phi) is 1.85. The van der Waals surface area contributed by atoms with Gasteiger partial charge in [-0.05, 0) is 18.6 Å². The van der Waals surface area contributed by atoms with Gasteiger partial charge in [0, 0.05) is 6.26 Å². The average Bonchev–Trinajstić information content (AvgIpc) is 2.48. The van der Waals surface area contributed by atoms with Gasteiger partial charge in [0.15, 0.2) is 0 Å². The Bertz CT molecular complexity index is 584. The van der Waals surface area contributed by atoms with Crippen molar-refractivity contribution in [2.75, 3.05) is 6.26 Å². The molecule has 1 heterocycles. The largest absolute Gasteiger partial charge is 0.329 e. The molecular weight excluding hydrogens is 200 g/mol. The van der Waals surface area contributed by atoms with Gasteiger partial charge in [-0.2, -0.15) is 0 Å². The second-order valence-electron chi connectivity index (χ2n) is 3.28. The van der Waals surface area contributed by atoms with E-state index >= 15 is 0 Å². The van der Waals surface area contributed by atoms with Crippen molar-refractivity contribution >= 4 is 20.9 Å². The van der Waals surface area contributed by atoms with Crippen LogP contribution in [0, 0.1) is 6.92 Å². The van der Waals surface area contributed by atoms with Gasteiger partial charge in [-0.15, -0.1) is 0 Å². The fraction of sp³-hybridized carbons (Fsp3) is 0.222. The molecule has 2 aromatic rings. The van der Waals surface area contributed by atoms with Crippen molar-refractivity contribution in [3.05, 3.63) is 23.8 Å². The van der Waals surface area contributed by atoms with Crippen LogP contribution in [0.1, 0.15) is 5.56 Å². The van der Waals surface area contributed by atoms with Crippen LogP contribution in [-0.4, -0.2) is 24.6 Å². The quantitative estimate of drug-likeness (QED) is 0.771. The lowest BCUT2D eigenvalue weighted by molar-refractivity contribution is 0.595. The number of benzene rings is 1. The predicted octanol–water partition coefficient (Wildman–Crippen LogP) is 1.27. The topological polar surface area (TPSA) is 62.8 Å². The number of hydrogen-bond donors (Lipinski definition) is 1. The van der Waals surface area contributed by atoms with Crippen LogP contribution < -0.4 is 0 Å². The zero-order valence-electron chi connectivity index (χ0n) is 7.90. The molecule has 0 spiro atoms. The smallest absolute Gasteiger partial charge is 0.225 e. The van der Waals surface area contributed by atoms with Gasteiger partial charge in [0.2, 0.25) is 15.0 Å². The van der Waals surface area contributed by atoms with E-state index in [-0.39, 0.29) is 5.16 Å². The minimum Gasteiger partial charge on any atom is -0.329 e. The Morgan fingerprint density at radius 3 is 2.64 bits per heavy atom. The molecule has 0 bridgehead atoms. The molecule has 0 aliphatic carbocycles. The van der Waals surface area contributed by atoms with Crippen molar-refractivity contribution in [1.82, 2.24) is 9.97 Å². The van der Waals surface area contributed by atoms with Gasteiger partial charge in [-0.3, -0.25) is 0 Å². The Labute approximate surface area is 81.9 Å². The summed E-state index contributed by atoms with van der Waals surface area (Å²) in [6, 6.07) is 5.55. The molecule has 0 fully saturated rings. The number of sulfone groups is 1. The van der Waals surface area contributed by atoms with Crippen LogP contribution >= 0.6 is 0 Å². The number of aromatic nitrogens is 2. The third kappa shape index (κ3) is 1.39. The molecule has 14 heavy (non-hydrogen) atoms. The van der Waals surface area contributed by atoms with Crippen molar-refractivity contribution in [1.29, 1.82) is 0 Å². The highest BCUT2D eigenvalue weighted by atomic mass is 32.2. The molecular formula is C9H10N2O2S. The number of imidazole rings is 1. The van der Waals surface area contributed by atoms with Crippen molar-refractivity contribution in [3.8, 4) is 0 Å². The molecule has 0 atom stereocenters. The number of aryl methyl sites for hydroxylation is 1. The normalized spacial score (nSPS) is 12.1. The summed E-state index contributed by atoms with van der Waals surface area (Å²) in [7, 11) is -3.25. The first-order valence-corrected chi connectivity index (χ1v) is 6.03. The zero-order chi connectivity index (χ0) is 10.3. The van der Waals surface area contributed by atoms with Crippen LogP contribution in [0.4, 0.5) is 0 Å². The van der Waals surface area contributed by atoms with Gasteiger partial charge >= 0.3 is 0 Å². The Hall–Kier alpha value is -1.36. The summed E-state index contributed by atoms with van der Waals surface area (Å²) in [5.74, 6) is 0. The highest BCUT2D eigenvalue weighted by Crippen LogP contribution is 2.17. The van der Waals surface area contributed by atoms with E-state index < -0.39 is 9.84 Å². The predicted molar refractivity (Wildman–Crippen MR) is 53.9 cm³/mol. The third-order valence-electron chi connectivity index (χ3n) is 2.06. The van der Waals surface area contributed by atoms with Gasteiger partial charge in [0.05, 0.1) is 11.0 Å². The van der Waals surface area contributed by atoms with Crippen LogP contribution in [0.5, 0.6) is 0 Å². The monoisotopic (exact) mass is 210 g/mol. The Morgan fingerprint density at radius 2 is 2.07 bits per heavy atom. The lowest BCUT2D eigenvalue weighted by atomic mass is 10.2. The molecule has 1 aromatic carbocycles. The molecule has 0 amide bonds. The average molecular weight is 210 g/mol. The standard InChI is InChI=1S/C9H10N2O2S/c1-6-4-3-5-7-8(6)11-9(10-7)14(2,12)13/h3-5H,1-2H3,(H,10,11). The van der Waals surface area contributed by atoms with E-state index in [2.05, 4.69) is 9.97 Å². The van der Waals surface area contributed by atoms with Gasteiger partial charge < -0.3 is 4.98 Å². The van der Waals surface area contributed by atoms with E-state index in [0.29, 0.717) is 5.52 Å². The summed E-state index contributed by atoms with van der Waals surface area (Å²) in [5.41, 5.74) is 2.46. The number of nitrogens with one attached hydrogen (secondary N) is 1. The number of nitrogens with zero attached hydrogens (tertiary/aromatic N) is 1. The van der Waals surface area contributed by atoms with E-state index in [1.165, 1.54) is 0 Å². The molecule has 0 saturated heterocycles. The number of aromatic amines is 1. The molecule has 0 aliphatic heterocycles. The molecule has 4 nitrogen and oxygen atoms in total. The summed E-state index contributed by atoms with van der Waals surface area (Å²) in [6.07, 6.45) is 1.14. The number of rotatable bonds is 1. The van der Waals surface area contributed by atoms with E-state index in [1.54, 1.807) is 6.07 Å². The third-order valence-corrected chi connectivity index (χ3v) is 2.95. The summed E-state index contributed by atoms with van der Waals surface area (Å²) in [6.45, 7) is 1.91. The number of fused-ring (bicyclic) bond motifs is 1. The lowest BCUT2D eigenvalue weighted by Crippen LogP contribution is -1.98. The highest BCUT2D eigenvalue weighted by molar-refractivity contribution is 7.90. The molecule has 1 N–H and O–H groups in total. The molecule has 0 aliphatic rings. The summed E-state index contributed by atoms with van der Waals surface area (Å²) >= 11 is 0. The first kappa shape index (κ1) is 9.21. The van der Waals surface area contributed by atoms with E-state index in [9.17, 15) is 8.42 Å². The van der Waals surface area contributed by atoms with Crippen molar-refractivity contribution in [3.63, 3.8) is 0 Å². The van der Waals surface area contributed by atoms with Crippen molar-refractivity contribution in [2.24, 2.45) is 0 Å². The SMILES string of the molecule is Cc1cccc2nc(S(C)(=O)=O)[nH]c12. The van der Waals surface area contributed by atoms with E-state index in [0.717, 1.165) is 17.3 Å². The molecule has 0 unspecified atom stereocenters. The first-order valence-electron chi connectivity index (χ1n) is 4.14. The zero-order valence-corrected chi connectivity index (χ0v) is 8.72. The first-order chi connectivity index (χ1) is 6.48. The highest BCUT2D eigenvalue weighted by Gasteiger charge is 2.13. The van der Waals surface area contributed by atoms with Gasteiger partial charge in [0.1, 0.15) is 0 Å². The fourth-order valence-corrected chi connectivity index (χ4v) is 1.88. The summed E-state index contributed by atoms with van der Waals surface area (Å²) < 4.78 is 22.4. The Morgan fingerprint density at radius 1 is 1.36 bits per heavy atom. The minimum atomic E-state index is -3.25. The van der Waals surface area contributed by atoms with E-state index in [4.69, 9.17) is 0 Å². The van der Waals surface area contributed by atoms with Gasteiger partial charge in [0.25, 0.3) is 0 Å². The maximum absolute atomic E-state index is 11.2. The van der Waals surface area contributed by atoms with Crippen LogP contribution in [0.15, 0.2) is 23.4 Å². The maximum Gasteiger partial charge on any atom is 0.225 e. The second kappa shape index (κ2) is 2.81. The van der Waals surface area contributed by atoms with Crippen LogP contribution in [0.25, 0.3) is 11.0 Å². The minimum absolute atomic E-state index is 0.0294. The molecule has 2 rings (SSSR count). The molecule has 74 valence electrons. The second-order valence-corrected chi connectivity index (χ2v) is 5.21. The molecule has 1 aromatic heterocycles. The van der Waals surface area contributed by atoms with Crippen LogP contribution in [0.3, 0.4) is 0 Å². The van der Waals surface area contributed by atoms with Crippen LogP contribution in [-0.2, 0) is 9.84 Å². The molecule has 0 radical (unpaired) electrons. The van der Waals surface area contributed by atoms with Gasteiger partial charge in [-0.1, -0.05) is 12.1 Å². The van der Waals surface area contributed by atoms with Crippen molar-refractivity contribution < 1.29 is 8.42 Å². The van der Waals surface area contributed by atoms with E-state index in [1.807, 2.05) is 19.1 Å². The number of hydrogen-bond acceptors (Lipinski definition) is 3. The molecule has 0 saturated carbocycles.